The van der Waals surface area contributed by atoms with Crippen molar-refractivity contribution in [3.63, 3.8) is 0 Å². The standard InChI is InChI=1S/C28H32ClN3O2.C28H35ClN2O2.2C27H31ClN4O2.4H2S/c1-16-18(3)32(15-28(14-30)12-13-28)26-22(16)24(20-8-10-21(29)11-9-20)23(17(2)31-26)25(19(4)33)34-27(5,6)7;1-16-18(3)31(15-20-9-8-10-20)27-23(16)25(21-11-13-22(29)14-12-21)24(17(2)30-27)26(19(4)32)33-28(5,6)7;1-15-17(3)32(14-19-12-29-30-13-19)26-22(15)24(20-8-10-21(28)11-9-20)23(16(2)31-26)25(18(4)33)34-27(5,6)7;1-15-17(3)32(14-21-12-13-29-31-21)26-22(15)24(19-8-10-20(28)11-9-19)23(16(2)30-26)25(18(4)33)34-27(5,6)7;;;;/h8-11,25H,12-13,15H2,1-7H3;11-14,20,26H,8-10,15H2,1-7H3;8-13,25H,14H2,1-7H3,(H,29,30);8-13,25H,14H2,1-7H3,(H,29,31);4*1H2/t25-;26-;2*25-;;;;/m1111..../s1. The molecule has 10 aromatic heterocycles. The van der Waals surface area contributed by atoms with Gasteiger partial charge in [0, 0.05) is 163 Å². The second-order valence-corrected chi connectivity index (χ2v) is 42.5. The summed E-state index contributed by atoms with van der Waals surface area (Å²) in [6.45, 7) is 57.6. The van der Waals surface area contributed by atoms with E-state index in [1.807, 2.05) is 226 Å². The number of halogens is 4. The topological polar surface area (TPSA) is 258 Å². The summed E-state index contributed by atoms with van der Waals surface area (Å²) in [6, 6.07) is 35.5. The van der Waals surface area contributed by atoms with Crippen LogP contribution in [-0.4, -0.2) is 104 Å². The van der Waals surface area contributed by atoms with Gasteiger partial charge in [-0.15, -0.1) is 0 Å². The van der Waals surface area contributed by atoms with E-state index in [4.69, 9.17) is 85.3 Å². The van der Waals surface area contributed by atoms with Gasteiger partial charge in [0.2, 0.25) is 0 Å². The number of ketones is 4. The number of ether oxygens (including phenoxy) is 4. The second kappa shape index (κ2) is 45.1. The largest absolute Gasteiger partial charge is 0.360 e. The Hall–Kier alpha value is -9.37. The normalized spacial score (nSPS) is 13.9. The number of hydrogen-bond donors (Lipinski definition) is 2. The summed E-state index contributed by atoms with van der Waals surface area (Å²) in [6.07, 6.45) is 8.26. The van der Waals surface area contributed by atoms with Gasteiger partial charge in [0.25, 0.3) is 0 Å². The number of hydrogen-bond acceptors (Lipinski definition) is 15. The molecule has 2 N–H and O–H groups in total. The number of H-pyrrole nitrogens is 2. The Morgan fingerprint density at radius 3 is 0.942 bits per heavy atom. The molecule has 742 valence electrons. The Bertz CT molecular complexity index is 6670. The van der Waals surface area contributed by atoms with Crippen LogP contribution in [0.2, 0.25) is 20.1 Å². The van der Waals surface area contributed by atoms with Crippen molar-refractivity contribution in [2.75, 3.05) is 0 Å². The molecular weight excluding hydrogens is 1900 g/mol. The smallest absolute Gasteiger partial charge is 0.163 e. The average Bonchev–Trinajstić information content (AvgIpc) is 1.46. The lowest BCUT2D eigenvalue weighted by Crippen LogP contribution is -2.27. The number of benzene rings is 4. The molecule has 0 spiro atoms. The number of fused-ring (bicyclic) bond motifs is 4. The number of carbonyl (C=O) groups excluding carboxylic acids is 4. The lowest BCUT2D eigenvalue weighted by molar-refractivity contribution is -0.139. The Morgan fingerprint density at radius 1 is 0.417 bits per heavy atom. The number of aromatic amines is 2. The zero-order valence-corrected chi connectivity index (χ0v) is 92.5. The molecule has 0 saturated heterocycles. The highest BCUT2D eigenvalue weighted by Gasteiger charge is 2.45. The molecule has 0 aliphatic heterocycles. The van der Waals surface area contributed by atoms with E-state index in [1.54, 1.807) is 33.9 Å². The molecule has 16 rings (SSSR count). The molecule has 2 aliphatic rings. The van der Waals surface area contributed by atoms with Gasteiger partial charge in [-0.3, -0.25) is 29.4 Å². The summed E-state index contributed by atoms with van der Waals surface area (Å²) in [7, 11) is 0. The number of aryl methyl sites for hydroxylation is 8. The van der Waals surface area contributed by atoms with Gasteiger partial charge in [0.05, 0.1) is 58.9 Å². The maximum absolute atomic E-state index is 12.9. The zero-order valence-electron chi connectivity index (χ0n) is 85.5. The molecule has 4 atom stereocenters. The first-order chi connectivity index (χ1) is 63.3. The molecule has 10 heterocycles. The van der Waals surface area contributed by atoms with Crippen molar-refractivity contribution < 1.29 is 38.1 Å². The molecular formula is C110H137Cl4N13O8S4. The lowest BCUT2D eigenvalue weighted by atomic mass is 9.85. The third-order valence-corrected chi connectivity index (χ3v) is 26.9. The maximum atomic E-state index is 12.9. The van der Waals surface area contributed by atoms with Crippen molar-refractivity contribution in [2.45, 2.75) is 299 Å². The molecule has 2 aliphatic carbocycles. The van der Waals surface area contributed by atoms with Gasteiger partial charge in [-0.05, 0) is 325 Å². The van der Waals surface area contributed by atoms with Crippen LogP contribution in [0.5, 0.6) is 0 Å². The van der Waals surface area contributed by atoms with Crippen molar-refractivity contribution in [3.8, 4) is 50.6 Å². The molecule has 14 aromatic rings. The number of rotatable bonds is 24. The fourth-order valence-corrected chi connectivity index (χ4v) is 19.0. The first-order valence-electron chi connectivity index (χ1n) is 46.4. The van der Waals surface area contributed by atoms with Gasteiger partial charge in [-0.1, -0.05) is 101 Å². The van der Waals surface area contributed by atoms with Crippen LogP contribution in [0, 0.1) is 106 Å². The molecule has 21 nitrogen and oxygen atoms in total. The van der Waals surface area contributed by atoms with E-state index in [2.05, 4.69) is 100 Å². The van der Waals surface area contributed by atoms with Crippen LogP contribution in [0.3, 0.4) is 0 Å². The van der Waals surface area contributed by atoms with Crippen LogP contribution in [0.4, 0.5) is 0 Å². The van der Waals surface area contributed by atoms with E-state index < -0.39 is 46.8 Å². The Balaban J connectivity index is 0.000000205. The first-order valence-corrected chi connectivity index (χ1v) is 47.9. The number of nitrogens with one attached hydrogen (secondary N) is 2. The van der Waals surface area contributed by atoms with E-state index in [0.717, 1.165) is 198 Å². The van der Waals surface area contributed by atoms with Gasteiger partial charge in [-0.2, -0.15) is 69.4 Å². The molecule has 4 aromatic carbocycles. The molecule has 0 bridgehead atoms. The second-order valence-electron chi connectivity index (χ2n) is 40.7. The van der Waals surface area contributed by atoms with Crippen LogP contribution in [0.15, 0.2) is 122 Å². The number of pyridine rings is 4. The van der Waals surface area contributed by atoms with Crippen LogP contribution in [-0.2, 0) is 64.3 Å². The summed E-state index contributed by atoms with van der Waals surface area (Å²) < 4.78 is 34.3. The number of nitriles is 1. The molecule has 139 heavy (non-hydrogen) atoms. The van der Waals surface area contributed by atoms with Gasteiger partial charge < -0.3 is 37.2 Å². The summed E-state index contributed by atoms with van der Waals surface area (Å²) in [5, 5.41) is 30.7. The summed E-state index contributed by atoms with van der Waals surface area (Å²) >= 11 is 24.9. The maximum Gasteiger partial charge on any atom is 0.163 e. The van der Waals surface area contributed by atoms with Gasteiger partial charge in [-0.25, -0.2) is 19.9 Å². The predicted molar refractivity (Wildman–Crippen MR) is 586 cm³/mol. The number of aromatic nitrogens is 12. The quantitative estimate of drug-likeness (QED) is 0.0570. The molecule has 0 unspecified atom stereocenters. The highest BCUT2D eigenvalue weighted by molar-refractivity contribution is 7.59. The molecule has 2 fully saturated rings. The van der Waals surface area contributed by atoms with Gasteiger partial charge in [0.1, 0.15) is 47.0 Å². The first kappa shape index (κ1) is 113. The van der Waals surface area contributed by atoms with E-state index in [9.17, 15) is 24.4 Å². The highest BCUT2D eigenvalue weighted by Crippen LogP contribution is 2.52. The fourth-order valence-electron chi connectivity index (χ4n) is 18.5. The fraction of sp³-hybridized carbons (Fsp3) is 0.427. The van der Waals surface area contributed by atoms with Crippen molar-refractivity contribution in [1.82, 2.24) is 58.6 Å². The number of Topliss-reactive ketones (excluding diaryl/α,β-unsaturated/α-hetero) is 4. The Kier molecular flexibility index (Phi) is 36.7. The summed E-state index contributed by atoms with van der Waals surface area (Å²) in [4.78, 5) is 71.9. The summed E-state index contributed by atoms with van der Waals surface area (Å²) in [5.74, 6) is 0.521. The minimum atomic E-state index is -0.750. The van der Waals surface area contributed by atoms with Crippen LogP contribution < -0.4 is 0 Å². The summed E-state index contributed by atoms with van der Waals surface area (Å²) in [5.41, 5.74) is 26.7. The van der Waals surface area contributed by atoms with Crippen molar-refractivity contribution in [3.05, 3.63) is 243 Å². The van der Waals surface area contributed by atoms with E-state index in [1.165, 1.54) is 30.5 Å². The highest BCUT2D eigenvalue weighted by atomic mass is 35.5. The molecule has 29 heteroatoms. The van der Waals surface area contributed by atoms with Crippen LogP contribution in [0.1, 0.15) is 269 Å². The van der Waals surface area contributed by atoms with Gasteiger partial charge in [0.15, 0.2) is 23.1 Å². The Labute approximate surface area is 866 Å². The van der Waals surface area contributed by atoms with E-state index in [-0.39, 0.29) is 82.5 Å². The monoisotopic (exact) mass is 2040 g/mol. The molecule has 0 amide bonds. The van der Waals surface area contributed by atoms with Crippen molar-refractivity contribution in [2.24, 2.45) is 11.3 Å². The van der Waals surface area contributed by atoms with Crippen molar-refractivity contribution in [1.29, 1.82) is 5.26 Å². The Morgan fingerprint density at radius 2 is 0.698 bits per heavy atom. The van der Waals surface area contributed by atoms with Gasteiger partial charge >= 0.3 is 0 Å². The minimum absolute atomic E-state index is 0. The van der Waals surface area contributed by atoms with Crippen LogP contribution in [0.25, 0.3) is 88.6 Å². The third-order valence-electron chi connectivity index (χ3n) is 25.9. The zero-order chi connectivity index (χ0) is 98.6. The minimum Gasteiger partial charge on any atom is -0.360 e. The number of nitrogens with zero attached hydrogens (tertiary/aromatic N) is 11. The van der Waals surface area contributed by atoms with Crippen LogP contribution >= 0.6 is 100 Å². The van der Waals surface area contributed by atoms with E-state index >= 15 is 0 Å². The van der Waals surface area contributed by atoms with Crippen molar-refractivity contribution >= 4 is 168 Å². The van der Waals surface area contributed by atoms with E-state index in [0.29, 0.717) is 45.6 Å². The predicted octanol–water partition coefficient (Wildman–Crippen LogP) is 28.0. The average molecular weight is 2040 g/mol. The number of carbonyl (C=O) groups is 4. The lowest BCUT2D eigenvalue weighted by Gasteiger charge is -2.29. The molecule has 0 radical (unpaired) electrons. The third kappa shape index (κ3) is 24.9. The SMILES string of the molecule is CC(=O)[C@@H](OC(C)(C)C)c1c(C)nc2c(c(C)c(C)n2CC2(C#N)CC2)c1-c1ccc(Cl)cc1.CC(=O)[C@@H](OC(C)(C)C)c1c(C)nc2c(c(C)c(C)n2CC2CCC2)c1-c1ccc(Cl)cc1.CC(=O)[C@@H](OC(C)(C)C)c1c(C)nc2c(c(C)c(C)n2Cc2ccn[nH]2)c1-c1ccc(Cl)cc1.CC(=O)[C@@H](OC(C)(C)C)c1c(C)nc2c(c(C)c(C)n2Cc2cn[nH]c2)c1-c1ccc(Cl)cc1.S.S.S.S. The molecule has 2 saturated carbocycles.